The van der Waals surface area contributed by atoms with Gasteiger partial charge in [-0.3, -0.25) is 13.9 Å². The van der Waals surface area contributed by atoms with Crippen LogP contribution in [0.15, 0.2) is 83.3 Å². The van der Waals surface area contributed by atoms with E-state index in [0.29, 0.717) is 17.1 Å². The highest BCUT2D eigenvalue weighted by Gasteiger charge is 2.30. The van der Waals surface area contributed by atoms with Crippen molar-refractivity contribution in [3.8, 4) is 0 Å². The monoisotopic (exact) mass is 619 g/mol. The number of anilines is 1. The summed E-state index contributed by atoms with van der Waals surface area (Å²) < 4.78 is 27.1. The Morgan fingerprint density at radius 1 is 0.974 bits per heavy atom. The van der Waals surface area contributed by atoms with Crippen LogP contribution in [-0.4, -0.2) is 51.0 Å². The maximum absolute atomic E-state index is 13.7. The van der Waals surface area contributed by atoms with Crippen LogP contribution in [0.5, 0.6) is 0 Å². The number of amides is 2. The van der Waals surface area contributed by atoms with E-state index < -0.39 is 16.1 Å². The second-order valence-electron chi connectivity index (χ2n) is 8.89. The van der Waals surface area contributed by atoms with Gasteiger partial charge in [0.1, 0.15) is 6.04 Å². The number of nitrogens with zero attached hydrogens (tertiary/aromatic N) is 2. The topological polar surface area (TPSA) is 86.8 Å². The first-order valence-corrected chi connectivity index (χ1v) is 15.1. The molecule has 1 atom stereocenters. The van der Waals surface area contributed by atoms with Gasteiger partial charge >= 0.3 is 0 Å². The zero-order valence-corrected chi connectivity index (χ0v) is 24.5. The van der Waals surface area contributed by atoms with Gasteiger partial charge in [0, 0.05) is 42.5 Å². The van der Waals surface area contributed by atoms with E-state index >= 15 is 0 Å². The van der Waals surface area contributed by atoms with Crippen molar-refractivity contribution in [1.82, 2.24) is 10.2 Å². The first-order chi connectivity index (χ1) is 18.1. The molecule has 2 amide bonds. The summed E-state index contributed by atoms with van der Waals surface area (Å²) in [5.41, 5.74) is 2.23. The predicted octanol–water partition coefficient (Wildman–Crippen LogP) is 5.03. The van der Waals surface area contributed by atoms with Gasteiger partial charge < -0.3 is 10.2 Å². The number of halogens is 2. The largest absolute Gasteiger partial charge is 0.357 e. The number of hydrogen-bond donors (Lipinski definition) is 1. The van der Waals surface area contributed by atoms with Crippen molar-refractivity contribution in [2.75, 3.05) is 24.2 Å². The molecule has 0 aliphatic heterocycles. The smallest absolute Gasteiger partial charge is 0.242 e. The van der Waals surface area contributed by atoms with Crippen LogP contribution in [-0.2, 0) is 32.6 Å². The number of sulfonamides is 1. The minimum atomic E-state index is -3.60. The van der Waals surface area contributed by atoms with E-state index in [4.69, 9.17) is 11.6 Å². The molecule has 0 heterocycles. The Labute approximate surface area is 238 Å². The third-order valence-electron chi connectivity index (χ3n) is 6.01. The SMILES string of the molecule is CNC(=O)C(Cc1ccccc1)N(Cc1cccc(Br)c1)C(=O)CCCN(c1cccc(Cl)c1)S(C)(=O)=O. The van der Waals surface area contributed by atoms with Crippen molar-refractivity contribution in [2.24, 2.45) is 0 Å². The maximum atomic E-state index is 13.7. The molecule has 0 bridgehead atoms. The van der Waals surface area contributed by atoms with Gasteiger partial charge in [-0.15, -0.1) is 0 Å². The standard InChI is InChI=1S/C28H31BrClN3O4S/c1-31-28(35)26(18-21-9-4-3-5-10-21)32(20-22-11-6-12-23(29)17-22)27(34)15-8-16-33(38(2,36)37)25-14-7-13-24(30)19-25/h3-7,9-14,17,19,26H,8,15-16,18,20H2,1-2H3,(H,31,35). The van der Waals surface area contributed by atoms with Crippen LogP contribution in [0.3, 0.4) is 0 Å². The van der Waals surface area contributed by atoms with Gasteiger partial charge in [-0.1, -0.05) is 76.1 Å². The summed E-state index contributed by atoms with van der Waals surface area (Å²) in [6, 6.07) is 23.0. The first kappa shape index (κ1) is 29.7. The Morgan fingerprint density at radius 2 is 1.66 bits per heavy atom. The van der Waals surface area contributed by atoms with E-state index in [0.717, 1.165) is 21.9 Å². The van der Waals surface area contributed by atoms with Gasteiger partial charge in [-0.2, -0.15) is 0 Å². The quantitative estimate of drug-likeness (QED) is 0.308. The molecule has 3 aromatic carbocycles. The summed E-state index contributed by atoms with van der Waals surface area (Å²) in [6.45, 7) is 0.326. The molecule has 0 aliphatic carbocycles. The molecule has 0 radical (unpaired) electrons. The lowest BCUT2D eigenvalue weighted by atomic mass is 10.0. The van der Waals surface area contributed by atoms with E-state index in [1.165, 1.54) is 4.31 Å². The Balaban J connectivity index is 1.84. The molecule has 3 aromatic rings. The lowest BCUT2D eigenvalue weighted by molar-refractivity contribution is -0.141. The minimum absolute atomic E-state index is 0.0584. The van der Waals surface area contributed by atoms with Gasteiger partial charge in [-0.25, -0.2) is 8.42 Å². The summed E-state index contributed by atoms with van der Waals surface area (Å²) in [4.78, 5) is 28.3. The Bertz CT molecular complexity index is 1350. The van der Waals surface area contributed by atoms with Gasteiger partial charge in [-0.05, 0) is 47.9 Å². The molecular formula is C28H31BrClN3O4S. The number of carbonyl (C=O) groups excluding carboxylic acids is 2. The second-order valence-corrected chi connectivity index (χ2v) is 12.1. The molecule has 10 heteroatoms. The molecule has 0 spiro atoms. The molecule has 0 fully saturated rings. The van der Waals surface area contributed by atoms with E-state index in [2.05, 4.69) is 21.2 Å². The van der Waals surface area contributed by atoms with Crippen LogP contribution in [0.4, 0.5) is 5.69 Å². The number of hydrogen-bond acceptors (Lipinski definition) is 4. The van der Waals surface area contributed by atoms with Crippen LogP contribution in [0.2, 0.25) is 5.02 Å². The van der Waals surface area contributed by atoms with E-state index in [1.807, 2.05) is 54.6 Å². The fourth-order valence-electron chi connectivity index (χ4n) is 4.19. The van der Waals surface area contributed by atoms with Gasteiger partial charge in [0.25, 0.3) is 0 Å². The highest BCUT2D eigenvalue weighted by atomic mass is 79.9. The third kappa shape index (κ3) is 8.58. The van der Waals surface area contributed by atoms with Crippen molar-refractivity contribution in [2.45, 2.75) is 31.8 Å². The van der Waals surface area contributed by atoms with E-state index in [1.54, 1.807) is 36.2 Å². The lowest BCUT2D eigenvalue weighted by Crippen LogP contribution is -2.49. The molecule has 0 saturated heterocycles. The second kappa shape index (κ2) is 13.8. The number of nitrogens with one attached hydrogen (secondary N) is 1. The maximum Gasteiger partial charge on any atom is 0.242 e. The molecule has 3 rings (SSSR count). The number of benzene rings is 3. The molecule has 0 aliphatic rings. The predicted molar refractivity (Wildman–Crippen MR) is 156 cm³/mol. The molecule has 1 N–H and O–H groups in total. The molecule has 1 unspecified atom stereocenters. The minimum Gasteiger partial charge on any atom is -0.357 e. The van der Waals surface area contributed by atoms with Gasteiger partial charge in [0.2, 0.25) is 21.8 Å². The fourth-order valence-corrected chi connectivity index (χ4v) is 5.78. The molecule has 7 nitrogen and oxygen atoms in total. The number of carbonyl (C=O) groups is 2. The van der Waals surface area contributed by atoms with Crippen LogP contribution >= 0.6 is 27.5 Å². The molecule has 0 saturated carbocycles. The fraction of sp³-hybridized carbons (Fsp3) is 0.286. The lowest BCUT2D eigenvalue weighted by Gasteiger charge is -2.31. The number of likely N-dealkylation sites (N-methyl/N-ethyl adjacent to an activating group) is 1. The van der Waals surface area contributed by atoms with Crippen LogP contribution in [0.1, 0.15) is 24.0 Å². The zero-order valence-electron chi connectivity index (χ0n) is 21.3. The van der Waals surface area contributed by atoms with Crippen molar-refractivity contribution in [3.63, 3.8) is 0 Å². The van der Waals surface area contributed by atoms with Crippen molar-refractivity contribution in [3.05, 3.63) is 99.5 Å². The van der Waals surface area contributed by atoms with E-state index in [-0.39, 0.29) is 37.7 Å². The Hall–Kier alpha value is -2.88. The molecule has 202 valence electrons. The molecule has 0 aromatic heterocycles. The van der Waals surface area contributed by atoms with Crippen LogP contribution in [0.25, 0.3) is 0 Å². The highest BCUT2D eigenvalue weighted by molar-refractivity contribution is 9.10. The van der Waals surface area contributed by atoms with Crippen molar-refractivity contribution in [1.29, 1.82) is 0 Å². The average Bonchev–Trinajstić information content (AvgIpc) is 2.88. The normalized spacial score (nSPS) is 12.0. The van der Waals surface area contributed by atoms with Crippen molar-refractivity contribution < 1.29 is 18.0 Å². The van der Waals surface area contributed by atoms with Crippen LogP contribution in [0, 0.1) is 0 Å². The Morgan fingerprint density at radius 3 is 2.29 bits per heavy atom. The third-order valence-corrected chi connectivity index (χ3v) is 7.93. The van der Waals surface area contributed by atoms with E-state index in [9.17, 15) is 18.0 Å². The average molecular weight is 621 g/mol. The van der Waals surface area contributed by atoms with Gasteiger partial charge in [0.15, 0.2) is 0 Å². The summed E-state index contributed by atoms with van der Waals surface area (Å²) in [6.07, 6.45) is 1.79. The first-order valence-electron chi connectivity index (χ1n) is 12.1. The Kier molecular flexibility index (Phi) is 10.8. The highest BCUT2D eigenvalue weighted by Crippen LogP contribution is 2.23. The number of rotatable bonds is 12. The summed E-state index contributed by atoms with van der Waals surface area (Å²) >= 11 is 9.55. The summed E-state index contributed by atoms with van der Waals surface area (Å²) in [5, 5.41) is 3.11. The zero-order chi connectivity index (χ0) is 27.7. The van der Waals surface area contributed by atoms with Crippen LogP contribution < -0.4 is 9.62 Å². The molecular weight excluding hydrogens is 590 g/mol. The van der Waals surface area contributed by atoms with Gasteiger partial charge in [0.05, 0.1) is 11.9 Å². The molecule has 38 heavy (non-hydrogen) atoms. The summed E-state index contributed by atoms with van der Waals surface area (Å²) in [7, 11) is -2.05. The van der Waals surface area contributed by atoms with Crippen molar-refractivity contribution >= 4 is 55.1 Å². The summed E-state index contributed by atoms with van der Waals surface area (Å²) in [5.74, 6) is -0.511.